The smallest absolute Gasteiger partial charge is 0.139 e. The fraction of sp³-hybridized carbons (Fsp3) is 0.560. The third-order valence-corrected chi connectivity index (χ3v) is 6.47. The van der Waals surface area contributed by atoms with Gasteiger partial charge in [-0.3, -0.25) is 4.98 Å². The lowest BCUT2D eigenvalue weighted by molar-refractivity contribution is 0.185. The molecule has 1 unspecified atom stereocenters. The Labute approximate surface area is 180 Å². The van der Waals surface area contributed by atoms with Crippen molar-refractivity contribution in [2.45, 2.75) is 51.2 Å². The Hall–Kier alpha value is -2.11. The van der Waals surface area contributed by atoms with Crippen molar-refractivity contribution in [1.82, 2.24) is 10.3 Å². The fourth-order valence-corrected chi connectivity index (χ4v) is 4.57. The Morgan fingerprint density at radius 1 is 1.07 bits per heavy atom. The summed E-state index contributed by atoms with van der Waals surface area (Å²) in [6, 6.07) is 11.5. The second-order valence-electron chi connectivity index (χ2n) is 8.70. The van der Waals surface area contributed by atoms with Gasteiger partial charge < -0.3 is 19.7 Å². The van der Waals surface area contributed by atoms with E-state index in [-0.39, 0.29) is 0 Å². The van der Waals surface area contributed by atoms with Gasteiger partial charge in [-0.15, -0.1) is 0 Å². The number of nitrogens with zero attached hydrogens (tertiary/aromatic N) is 2. The summed E-state index contributed by atoms with van der Waals surface area (Å²) in [4.78, 5) is 6.89. The highest BCUT2D eigenvalue weighted by Crippen LogP contribution is 2.28. The van der Waals surface area contributed by atoms with Crippen LogP contribution in [-0.2, 0) is 17.8 Å². The molecule has 2 aromatic rings. The average molecular weight is 410 g/mol. The highest BCUT2D eigenvalue weighted by Gasteiger charge is 2.20. The zero-order chi connectivity index (χ0) is 20.6. The van der Waals surface area contributed by atoms with Gasteiger partial charge in [0.15, 0.2) is 0 Å². The van der Waals surface area contributed by atoms with E-state index in [9.17, 15) is 0 Å². The van der Waals surface area contributed by atoms with Crippen LogP contribution in [0.2, 0.25) is 0 Å². The van der Waals surface area contributed by atoms with E-state index in [4.69, 9.17) is 9.47 Å². The summed E-state index contributed by atoms with van der Waals surface area (Å²) in [6.07, 6.45) is 11.2. The van der Waals surface area contributed by atoms with E-state index in [0.717, 1.165) is 44.3 Å². The van der Waals surface area contributed by atoms with Crippen molar-refractivity contribution in [1.29, 1.82) is 0 Å². The zero-order valence-corrected chi connectivity index (χ0v) is 18.2. The number of ether oxygens (including phenoxy) is 2. The Morgan fingerprint density at radius 2 is 1.87 bits per heavy atom. The first-order valence-electron chi connectivity index (χ1n) is 11.4. The van der Waals surface area contributed by atoms with Crippen LogP contribution in [0, 0.1) is 5.92 Å². The molecule has 1 aromatic carbocycles. The largest absolute Gasteiger partial charge is 0.490 e. The van der Waals surface area contributed by atoms with Crippen LogP contribution < -0.4 is 15.0 Å². The molecule has 162 valence electrons. The molecule has 0 aliphatic carbocycles. The lowest BCUT2D eigenvalue weighted by Crippen LogP contribution is -2.34. The summed E-state index contributed by atoms with van der Waals surface area (Å²) in [5, 5.41) is 3.48. The fourth-order valence-electron chi connectivity index (χ4n) is 4.57. The molecule has 4 rings (SSSR count). The molecular weight excluding hydrogens is 374 g/mol. The highest BCUT2D eigenvalue weighted by molar-refractivity contribution is 5.48. The van der Waals surface area contributed by atoms with Crippen molar-refractivity contribution in [3.63, 3.8) is 0 Å². The van der Waals surface area contributed by atoms with Crippen LogP contribution >= 0.6 is 0 Å². The predicted molar refractivity (Wildman–Crippen MR) is 121 cm³/mol. The number of methoxy groups -OCH3 is 1. The minimum atomic E-state index is 0.487. The van der Waals surface area contributed by atoms with Crippen LogP contribution in [0.25, 0.3) is 0 Å². The number of piperidine rings is 1. The zero-order valence-electron chi connectivity index (χ0n) is 18.2. The maximum atomic E-state index is 5.99. The molecule has 30 heavy (non-hydrogen) atoms. The first-order chi connectivity index (χ1) is 14.8. The van der Waals surface area contributed by atoms with E-state index in [1.807, 2.05) is 12.4 Å². The maximum Gasteiger partial charge on any atom is 0.139 e. The van der Waals surface area contributed by atoms with Crippen molar-refractivity contribution in [2.24, 2.45) is 5.92 Å². The molecule has 2 aliphatic heterocycles. The highest BCUT2D eigenvalue weighted by atomic mass is 16.5. The second kappa shape index (κ2) is 10.8. The second-order valence-corrected chi connectivity index (χ2v) is 8.70. The molecule has 2 saturated heterocycles. The van der Waals surface area contributed by atoms with Gasteiger partial charge in [0.25, 0.3) is 0 Å². The molecule has 5 heteroatoms. The van der Waals surface area contributed by atoms with Gasteiger partial charge in [0.2, 0.25) is 0 Å². The normalized spacial score (nSPS) is 19.9. The van der Waals surface area contributed by atoms with Gasteiger partial charge in [-0.2, -0.15) is 0 Å². The molecule has 0 bridgehead atoms. The summed E-state index contributed by atoms with van der Waals surface area (Å²) in [5.41, 5.74) is 3.87. The van der Waals surface area contributed by atoms with E-state index in [1.54, 1.807) is 7.11 Å². The van der Waals surface area contributed by atoms with Crippen molar-refractivity contribution in [3.8, 4) is 5.75 Å². The Morgan fingerprint density at radius 3 is 2.60 bits per heavy atom. The lowest BCUT2D eigenvalue weighted by atomic mass is 9.90. The Kier molecular flexibility index (Phi) is 7.59. The molecule has 0 radical (unpaired) electrons. The van der Waals surface area contributed by atoms with Crippen LogP contribution in [0.4, 0.5) is 5.69 Å². The first-order valence-corrected chi connectivity index (χ1v) is 11.4. The number of rotatable bonds is 9. The van der Waals surface area contributed by atoms with Gasteiger partial charge in [-0.05, 0) is 62.1 Å². The average Bonchev–Trinajstić information content (AvgIpc) is 3.32. The summed E-state index contributed by atoms with van der Waals surface area (Å²) in [5.74, 6) is 1.70. The number of aryl methyl sites for hydroxylation is 1. The number of hydrogen-bond donors (Lipinski definition) is 1. The quantitative estimate of drug-likeness (QED) is 0.672. The van der Waals surface area contributed by atoms with Crippen LogP contribution in [0.1, 0.15) is 43.2 Å². The third-order valence-electron chi connectivity index (χ3n) is 6.47. The van der Waals surface area contributed by atoms with E-state index in [2.05, 4.69) is 45.5 Å². The monoisotopic (exact) mass is 409 g/mol. The molecular formula is C25H35N3O2. The predicted octanol–water partition coefficient (Wildman–Crippen LogP) is 4.21. The summed E-state index contributed by atoms with van der Waals surface area (Å²) in [6.45, 7) is 4.75. The van der Waals surface area contributed by atoms with Gasteiger partial charge in [0.05, 0.1) is 24.7 Å². The Bertz CT molecular complexity index is 766. The van der Waals surface area contributed by atoms with E-state index in [1.165, 1.54) is 48.9 Å². The van der Waals surface area contributed by atoms with Crippen molar-refractivity contribution in [2.75, 3.05) is 38.3 Å². The van der Waals surface area contributed by atoms with Crippen LogP contribution in [0.3, 0.4) is 0 Å². The number of nitrogens with one attached hydrogen (secondary N) is 1. The number of hydrogen-bond acceptors (Lipinski definition) is 5. The minimum absolute atomic E-state index is 0.487. The van der Waals surface area contributed by atoms with Crippen molar-refractivity contribution in [3.05, 3.63) is 53.9 Å². The molecule has 2 aliphatic rings. The standard InChI is InChI=1S/C25H35N3O2/c1-29-18-22-8-6-20(7-9-22)4-5-21-10-13-28(14-11-21)24-15-25(17-26-16-24)30-19-23-3-2-12-27-23/h6-9,15-17,21,23,27H,2-5,10-14,18-19H2,1H3. The van der Waals surface area contributed by atoms with Gasteiger partial charge in [-0.1, -0.05) is 24.3 Å². The SMILES string of the molecule is COCc1ccc(CCC2CCN(c3cncc(OCC4CCCN4)c3)CC2)cc1. The lowest BCUT2D eigenvalue weighted by Gasteiger charge is -2.33. The first kappa shape index (κ1) is 21.1. The number of benzene rings is 1. The molecule has 1 atom stereocenters. The van der Waals surface area contributed by atoms with Crippen LogP contribution in [0.15, 0.2) is 42.7 Å². The van der Waals surface area contributed by atoms with Gasteiger partial charge in [0.1, 0.15) is 12.4 Å². The van der Waals surface area contributed by atoms with Crippen LogP contribution in [-0.4, -0.2) is 44.4 Å². The minimum Gasteiger partial charge on any atom is -0.490 e. The molecule has 1 N–H and O–H groups in total. The maximum absolute atomic E-state index is 5.99. The topological polar surface area (TPSA) is 46.6 Å². The summed E-state index contributed by atoms with van der Waals surface area (Å²) >= 11 is 0. The summed E-state index contributed by atoms with van der Waals surface area (Å²) < 4.78 is 11.2. The van der Waals surface area contributed by atoms with E-state index >= 15 is 0 Å². The molecule has 3 heterocycles. The van der Waals surface area contributed by atoms with Crippen molar-refractivity contribution >= 4 is 5.69 Å². The van der Waals surface area contributed by atoms with Crippen LogP contribution in [0.5, 0.6) is 5.75 Å². The van der Waals surface area contributed by atoms with E-state index < -0.39 is 0 Å². The molecule has 0 spiro atoms. The van der Waals surface area contributed by atoms with E-state index in [0.29, 0.717) is 12.6 Å². The number of pyridine rings is 1. The Balaban J connectivity index is 1.21. The molecule has 1 aromatic heterocycles. The van der Waals surface area contributed by atoms with Gasteiger partial charge in [0, 0.05) is 32.3 Å². The number of aromatic nitrogens is 1. The summed E-state index contributed by atoms with van der Waals surface area (Å²) in [7, 11) is 1.74. The van der Waals surface area contributed by atoms with Gasteiger partial charge in [-0.25, -0.2) is 0 Å². The number of anilines is 1. The molecule has 2 fully saturated rings. The molecule has 5 nitrogen and oxygen atoms in total. The molecule has 0 saturated carbocycles. The molecule has 0 amide bonds. The van der Waals surface area contributed by atoms with Crippen molar-refractivity contribution < 1.29 is 9.47 Å². The van der Waals surface area contributed by atoms with Gasteiger partial charge >= 0.3 is 0 Å². The third kappa shape index (κ3) is 5.96.